The number of amides is 1. The van der Waals surface area contributed by atoms with Gasteiger partial charge in [-0.1, -0.05) is 0 Å². The van der Waals surface area contributed by atoms with Crippen LogP contribution in [0.25, 0.3) is 0 Å². The van der Waals surface area contributed by atoms with Crippen molar-refractivity contribution in [2.45, 2.75) is 18.4 Å². The van der Waals surface area contributed by atoms with E-state index in [-0.39, 0.29) is 18.5 Å². The topological polar surface area (TPSA) is 86.4 Å². The van der Waals surface area contributed by atoms with E-state index in [0.717, 1.165) is 37.1 Å². The number of nitrogens with two attached hydrogens (primary N) is 1. The second kappa shape index (κ2) is 6.15. The zero-order valence-corrected chi connectivity index (χ0v) is 15.6. The van der Waals surface area contributed by atoms with Gasteiger partial charge in [0.2, 0.25) is 0 Å². The SMILES string of the molecule is COc1ccc2c(c1)[C@@]1(COC(N)=N1)c1cc(C(=O)N3CCCC3)ccc1O2. The molecule has 3 aliphatic rings. The van der Waals surface area contributed by atoms with Crippen molar-refractivity contribution >= 4 is 11.9 Å². The van der Waals surface area contributed by atoms with E-state index in [4.69, 9.17) is 19.9 Å². The predicted octanol–water partition coefficient (Wildman–Crippen LogP) is 2.63. The maximum Gasteiger partial charge on any atom is 0.283 e. The lowest BCUT2D eigenvalue weighted by Crippen LogP contribution is -2.32. The summed E-state index contributed by atoms with van der Waals surface area (Å²) in [5.74, 6) is 2.05. The Morgan fingerprint density at radius 2 is 1.86 bits per heavy atom. The van der Waals surface area contributed by atoms with Crippen molar-refractivity contribution in [2.75, 3.05) is 26.8 Å². The lowest BCUT2D eigenvalue weighted by Gasteiger charge is -2.34. The minimum Gasteiger partial charge on any atom is -0.497 e. The second-order valence-electron chi connectivity index (χ2n) is 7.27. The van der Waals surface area contributed by atoms with E-state index in [9.17, 15) is 4.79 Å². The number of ether oxygens (including phenoxy) is 3. The van der Waals surface area contributed by atoms with Crippen molar-refractivity contribution in [3.05, 3.63) is 53.1 Å². The van der Waals surface area contributed by atoms with Gasteiger partial charge in [-0.05, 0) is 49.2 Å². The highest BCUT2D eigenvalue weighted by Gasteiger charge is 2.47. The molecule has 1 amide bonds. The summed E-state index contributed by atoms with van der Waals surface area (Å²) >= 11 is 0. The highest BCUT2D eigenvalue weighted by atomic mass is 16.5. The highest BCUT2D eigenvalue weighted by Crippen LogP contribution is 2.51. The number of hydrogen-bond donors (Lipinski definition) is 1. The number of benzene rings is 2. The summed E-state index contributed by atoms with van der Waals surface area (Å²) in [6.07, 6.45) is 2.09. The molecule has 0 bridgehead atoms. The summed E-state index contributed by atoms with van der Waals surface area (Å²) in [5.41, 5.74) is 7.25. The molecule has 0 aromatic heterocycles. The van der Waals surface area contributed by atoms with Crippen LogP contribution in [-0.2, 0) is 10.3 Å². The van der Waals surface area contributed by atoms with Crippen LogP contribution >= 0.6 is 0 Å². The molecule has 0 saturated carbocycles. The van der Waals surface area contributed by atoms with Gasteiger partial charge in [0, 0.05) is 29.8 Å². The van der Waals surface area contributed by atoms with Crippen LogP contribution in [0.3, 0.4) is 0 Å². The van der Waals surface area contributed by atoms with Crippen molar-refractivity contribution < 1.29 is 19.0 Å². The number of carbonyl (C=O) groups excluding carboxylic acids is 1. The zero-order valence-electron chi connectivity index (χ0n) is 15.6. The fraction of sp³-hybridized carbons (Fsp3) is 0.333. The molecule has 0 aliphatic carbocycles. The molecule has 1 spiro atoms. The van der Waals surface area contributed by atoms with Crippen LogP contribution in [0.1, 0.15) is 34.3 Å². The first-order valence-electron chi connectivity index (χ1n) is 9.39. The summed E-state index contributed by atoms with van der Waals surface area (Å²) in [5, 5.41) is 0. The average Bonchev–Trinajstić information content (AvgIpc) is 3.38. The van der Waals surface area contributed by atoms with Crippen LogP contribution in [0.2, 0.25) is 0 Å². The van der Waals surface area contributed by atoms with Gasteiger partial charge in [0.25, 0.3) is 11.9 Å². The monoisotopic (exact) mass is 379 g/mol. The van der Waals surface area contributed by atoms with Gasteiger partial charge in [0.1, 0.15) is 23.9 Å². The van der Waals surface area contributed by atoms with Crippen LogP contribution in [0, 0.1) is 0 Å². The number of aliphatic imine (C=N–C) groups is 1. The molecule has 1 saturated heterocycles. The highest BCUT2D eigenvalue weighted by molar-refractivity contribution is 5.95. The Morgan fingerprint density at radius 3 is 2.54 bits per heavy atom. The molecule has 0 unspecified atom stereocenters. The first kappa shape index (κ1) is 16.9. The number of methoxy groups -OCH3 is 1. The second-order valence-corrected chi connectivity index (χ2v) is 7.27. The van der Waals surface area contributed by atoms with E-state index >= 15 is 0 Å². The lowest BCUT2D eigenvalue weighted by molar-refractivity contribution is 0.0792. The molecule has 28 heavy (non-hydrogen) atoms. The normalized spacial score (nSPS) is 22.2. The molecule has 1 atom stereocenters. The van der Waals surface area contributed by atoms with Crippen LogP contribution in [0.5, 0.6) is 17.2 Å². The molecule has 2 N–H and O–H groups in total. The third-order valence-corrected chi connectivity index (χ3v) is 5.65. The van der Waals surface area contributed by atoms with Crippen LogP contribution < -0.4 is 15.2 Å². The number of carbonyl (C=O) groups is 1. The van der Waals surface area contributed by atoms with Gasteiger partial charge in [-0.2, -0.15) is 0 Å². The van der Waals surface area contributed by atoms with Gasteiger partial charge in [0.05, 0.1) is 7.11 Å². The molecule has 0 radical (unpaired) electrons. The molecule has 2 aromatic carbocycles. The van der Waals surface area contributed by atoms with E-state index in [1.54, 1.807) is 7.11 Å². The first-order chi connectivity index (χ1) is 13.6. The van der Waals surface area contributed by atoms with Crippen LogP contribution in [0.4, 0.5) is 0 Å². The molecule has 5 rings (SSSR count). The molecular formula is C21H21N3O4. The van der Waals surface area contributed by atoms with Crippen molar-refractivity contribution in [3.8, 4) is 17.2 Å². The average molecular weight is 379 g/mol. The molecule has 3 aliphatic heterocycles. The van der Waals surface area contributed by atoms with Gasteiger partial charge in [-0.15, -0.1) is 0 Å². The summed E-state index contributed by atoms with van der Waals surface area (Å²) in [6.45, 7) is 1.84. The summed E-state index contributed by atoms with van der Waals surface area (Å²) < 4.78 is 17.1. The number of fused-ring (bicyclic) bond motifs is 4. The summed E-state index contributed by atoms with van der Waals surface area (Å²) in [4.78, 5) is 19.5. The van der Waals surface area contributed by atoms with E-state index in [0.29, 0.717) is 22.8 Å². The fourth-order valence-corrected chi connectivity index (χ4v) is 4.20. The van der Waals surface area contributed by atoms with Crippen LogP contribution in [0.15, 0.2) is 41.4 Å². The maximum absolute atomic E-state index is 12.9. The van der Waals surface area contributed by atoms with E-state index < -0.39 is 5.54 Å². The van der Waals surface area contributed by atoms with E-state index in [1.807, 2.05) is 41.3 Å². The molecule has 7 heteroatoms. The van der Waals surface area contributed by atoms with Gasteiger partial charge in [0.15, 0.2) is 5.54 Å². The number of amidine groups is 1. The van der Waals surface area contributed by atoms with Crippen molar-refractivity contribution in [2.24, 2.45) is 10.7 Å². The Labute approximate surface area is 162 Å². The molecule has 7 nitrogen and oxygen atoms in total. The third kappa shape index (κ3) is 2.42. The van der Waals surface area contributed by atoms with E-state index in [2.05, 4.69) is 4.99 Å². The number of hydrogen-bond acceptors (Lipinski definition) is 6. The minimum absolute atomic E-state index is 0.0303. The largest absolute Gasteiger partial charge is 0.497 e. The fourth-order valence-electron chi connectivity index (χ4n) is 4.20. The van der Waals surface area contributed by atoms with Gasteiger partial charge < -0.3 is 24.8 Å². The lowest BCUT2D eigenvalue weighted by atomic mass is 9.80. The Bertz CT molecular complexity index is 997. The Balaban J connectivity index is 1.66. The Hall–Kier alpha value is -3.22. The Morgan fingerprint density at radius 1 is 1.14 bits per heavy atom. The number of rotatable bonds is 2. The predicted molar refractivity (Wildman–Crippen MR) is 103 cm³/mol. The molecule has 3 heterocycles. The maximum atomic E-state index is 12.9. The molecule has 2 aromatic rings. The molecular weight excluding hydrogens is 358 g/mol. The minimum atomic E-state index is -0.858. The van der Waals surface area contributed by atoms with Crippen molar-refractivity contribution in [1.82, 2.24) is 4.90 Å². The third-order valence-electron chi connectivity index (χ3n) is 5.65. The van der Waals surface area contributed by atoms with Gasteiger partial charge in [-0.25, -0.2) is 4.99 Å². The summed E-state index contributed by atoms with van der Waals surface area (Å²) in [7, 11) is 1.61. The molecule has 144 valence electrons. The summed E-state index contributed by atoms with van der Waals surface area (Å²) in [6, 6.07) is 11.2. The number of nitrogens with zero attached hydrogens (tertiary/aromatic N) is 2. The quantitative estimate of drug-likeness (QED) is 0.867. The van der Waals surface area contributed by atoms with Gasteiger partial charge >= 0.3 is 0 Å². The smallest absolute Gasteiger partial charge is 0.283 e. The van der Waals surface area contributed by atoms with Gasteiger partial charge in [-0.3, -0.25) is 4.79 Å². The molecule has 1 fully saturated rings. The van der Waals surface area contributed by atoms with Crippen molar-refractivity contribution in [1.29, 1.82) is 0 Å². The number of likely N-dealkylation sites (tertiary alicyclic amines) is 1. The zero-order chi connectivity index (χ0) is 19.3. The van der Waals surface area contributed by atoms with E-state index in [1.165, 1.54) is 0 Å². The Kier molecular flexibility index (Phi) is 3.72. The standard InChI is InChI=1S/C21H21N3O4/c1-26-14-5-7-18-16(11-14)21(12-27-20(22)23-21)15-10-13(4-6-17(15)28-18)19(25)24-8-2-3-9-24/h4-7,10-11H,2-3,8-9,12H2,1H3,(H2,22,23)/t21-/m1/s1. The first-order valence-corrected chi connectivity index (χ1v) is 9.39. The van der Waals surface area contributed by atoms with Crippen LogP contribution in [-0.4, -0.2) is 43.6 Å². The van der Waals surface area contributed by atoms with Crippen molar-refractivity contribution in [3.63, 3.8) is 0 Å².